The number of anilines is 1. The largest absolute Gasteiger partial charge is 0.348 e. The van der Waals surface area contributed by atoms with Gasteiger partial charge in [-0.25, -0.2) is 9.67 Å². The lowest BCUT2D eigenvalue weighted by molar-refractivity contribution is -0.113. The van der Waals surface area contributed by atoms with E-state index >= 15 is 0 Å². The Morgan fingerprint density at radius 3 is 2.61 bits per heavy atom. The summed E-state index contributed by atoms with van der Waals surface area (Å²) < 4.78 is 1.74. The molecule has 0 spiro atoms. The second-order valence-corrected chi connectivity index (χ2v) is 6.24. The maximum absolute atomic E-state index is 12.4. The summed E-state index contributed by atoms with van der Waals surface area (Å²) in [4.78, 5) is 29.4. The van der Waals surface area contributed by atoms with Crippen molar-refractivity contribution in [3.05, 3.63) is 90.5 Å². The van der Waals surface area contributed by atoms with E-state index in [-0.39, 0.29) is 11.8 Å². The Hall–Kier alpha value is -3.74. The number of hydrogen-bond donors (Lipinski definition) is 1. The standard InChI is InChI=1S/C21H21N5O2/c1-3-20(27)25(2)19-9-7-18(8-10-19)21(28)23-12-16-5-4-6-17(11-16)13-26-15-22-14-24-26/h3-11,14-15H,1,12-13H2,2H3,(H,23,28). The minimum atomic E-state index is -0.206. The van der Waals surface area contributed by atoms with Crippen molar-refractivity contribution in [1.29, 1.82) is 0 Å². The van der Waals surface area contributed by atoms with Crippen LogP contribution in [0.25, 0.3) is 0 Å². The predicted octanol–water partition coefficient (Wildman–Crippen LogP) is 2.41. The van der Waals surface area contributed by atoms with E-state index in [0.717, 1.165) is 11.1 Å². The Kier molecular flexibility index (Phi) is 5.96. The fraction of sp³-hybridized carbons (Fsp3) is 0.143. The number of benzene rings is 2. The van der Waals surface area contributed by atoms with Gasteiger partial charge in [-0.2, -0.15) is 5.10 Å². The number of likely N-dealkylation sites (N-methyl/N-ethyl adjacent to an activating group) is 1. The van der Waals surface area contributed by atoms with E-state index in [1.807, 2.05) is 24.3 Å². The number of aromatic nitrogens is 3. The van der Waals surface area contributed by atoms with Gasteiger partial charge in [0.1, 0.15) is 12.7 Å². The highest BCUT2D eigenvalue weighted by Gasteiger charge is 2.09. The van der Waals surface area contributed by atoms with E-state index in [0.29, 0.717) is 24.3 Å². The second-order valence-electron chi connectivity index (χ2n) is 6.24. The molecule has 2 amide bonds. The summed E-state index contributed by atoms with van der Waals surface area (Å²) >= 11 is 0. The Morgan fingerprint density at radius 1 is 1.18 bits per heavy atom. The molecule has 0 aliphatic carbocycles. The maximum atomic E-state index is 12.4. The third-order valence-corrected chi connectivity index (χ3v) is 4.28. The number of rotatable bonds is 7. The van der Waals surface area contributed by atoms with Crippen LogP contribution in [0.5, 0.6) is 0 Å². The van der Waals surface area contributed by atoms with Crippen molar-refractivity contribution < 1.29 is 9.59 Å². The van der Waals surface area contributed by atoms with Crippen LogP contribution < -0.4 is 10.2 Å². The van der Waals surface area contributed by atoms with Crippen molar-refractivity contribution >= 4 is 17.5 Å². The summed E-state index contributed by atoms with van der Waals surface area (Å²) in [6, 6.07) is 14.8. The van der Waals surface area contributed by atoms with E-state index in [9.17, 15) is 9.59 Å². The molecule has 2 aromatic carbocycles. The smallest absolute Gasteiger partial charge is 0.251 e. The highest BCUT2D eigenvalue weighted by Crippen LogP contribution is 2.14. The van der Waals surface area contributed by atoms with Crippen LogP contribution in [0.4, 0.5) is 5.69 Å². The monoisotopic (exact) mass is 375 g/mol. The molecule has 1 aromatic heterocycles. The summed E-state index contributed by atoms with van der Waals surface area (Å²) in [7, 11) is 1.66. The number of carbonyl (C=O) groups is 2. The number of amides is 2. The van der Waals surface area contributed by atoms with Crippen molar-refractivity contribution in [1.82, 2.24) is 20.1 Å². The van der Waals surface area contributed by atoms with Gasteiger partial charge in [0.15, 0.2) is 0 Å². The zero-order valence-electron chi connectivity index (χ0n) is 15.6. The van der Waals surface area contributed by atoms with Gasteiger partial charge in [0, 0.05) is 24.8 Å². The lowest BCUT2D eigenvalue weighted by Crippen LogP contribution is -2.25. The third kappa shape index (κ3) is 4.70. The minimum Gasteiger partial charge on any atom is -0.348 e. The van der Waals surface area contributed by atoms with Gasteiger partial charge in [0.2, 0.25) is 5.91 Å². The summed E-state index contributed by atoms with van der Waals surface area (Å²) in [5, 5.41) is 7.01. The molecule has 0 aliphatic heterocycles. The summed E-state index contributed by atoms with van der Waals surface area (Å²) in [6.45, 7) is 4.51. The van der Waals surface area contributed by atoms with Crippen LogP contribution in [-0.4, -0.2) is 33.6 Å². The van der Waals surface area contributed by atoms with Crippen LogP contribution in [0.15, 0.2) is 73.8 Å². The van der Waals surface area contributed by atoms with Gasteiger partial charge in [-0.05, 0) is 41.5 Å². The molecule has 0 bridgehead atoms. The summed E-state index contributed by atoms with van der Waals surface area (Å²) in [6.07, 6.45) is 4.41. The lowest BCUT2D eigenvalue weighted by atomic mass is 10.1. The Balaban J connectivity index is 1.59. The predicted molar refractivity (Wildman–Crippen MR) is 107 cm³/mol. The fourth-order valence-electron chi connectivity index (χ4n) is 2.72. The van der Waals surface area contributed by atoms with Crippen molar-refractivity contribution in [2.24, 2.45) is 0 Å². The zero-order chi connectivity index (χ0) is 19.9. The molecule has 0 unspecified atom stereocenters. The second kappa shape index (κ2) is 8.77. The van der Waals surface area contributed by atoms with Gasteiger partial charge in [0.05, 0.1) is 6.54 Å². The molecule has 1 heterocycles. The van der Waals surface area contributed by atoms with Crippen molar-refractivity contribution in [2.75, 3.05) is 11.9 Å². The SMILES string of the molecule is C=CC(=O)N(C)c1ccc(C(=O)NCc2cccc(Cn3cncn3)c2)cc1. The highest BCUT2D eigenvalue weighted by molar-refractivity contribution is 6.01. The van der Waals surface area contributed by atoms with E-state index < -0.39 is 0 Å². The fourth-order valence-corrected chi connectivity index (χ4v) is 2.72. The van der Waals surface area contributed by atoms with Gasteiger partial charge in [-0.15, -0.1) is 0 Å². The minimum absolute atomic E-state index is 0.175. The molecule has 7 nitrogen and oxygen atoms in total. The molecule has 0 atom stereocenters. The molecule has 0 saturated heterocycles. The van der Waals surface area contributed by atoms with Crippen LogP contribution in [-0.2, 0) is 17.9 Å². The van der Waals surface area contributed by atoms with Gasteiger partial charge in [-0.3, -0.25) is 9.59 Å². The number of hydrogen-bond acceptors (Lipinski definition) is 4. The van der Waals surface area contributed by atoms with Crippen LogP contribution >= 0.6 is 0 Å². The van der Waals surface area contributed by atoms with Crippen molar-refractivity contribution in [3.8, 4) is 0 Å². The third-order valence-electron chi connectivity index (χ3n) is 4.28. The van der Waals surface area contributed by atoms with E-state index in [2.05, 4.69) is 22.0 Å². The van der Waals surface area contributed by atoms with Gasteiger partial charge in [0.25, 0.3) is 5.91 Å². The van der Waals surface area contributed by atoms with Gasteiger partial charge in [-0.1, -0.05) is 30.8 Å². The molecule has 0 aliphatic rings. The molecule has 0 saturated carbocycles. The zero-order valence-corrected chi connectivity index (χ0v) is 15.6. The Bertz CT molecular complexity index is 965. The van der Waals surface area contributed by atoms with Crippen molar-refractivity contribution in [2.45, 2.75) is 13.1 Å². The Morgan fingerprint density at radius 2 is 1.93 bits per heavy atom. The maximum Gasteiger partial charge on any atom is 0.251 e. The van der Waals surface area contributed by atoms with E-state index in [1.54, 1.807) is 42.3 Å². The molecule has 0 radical (unpaired) electrons. The number of nitrogens with zero attached hydrogens (tertiary/aromatic N) is 4. The normalized spacial score (nSPS) is 10.3. The van der Waals surface area contributed by atoms with E-state index in [1.165, 1.54) is 17.3 Å². The first-order valence-electron chi connectivity index (χ1n) is 8.75. The van der Waals surface area contributed by atoms with Crippen LogP contribution in [0.3, 0.4) is 0 Å². The first-order chi connectivity index (χ1) is 13.6. The molecular weight excluding hydrogens is 354 g/mol. The topological polar surface area (TPSA) is 80.1 Å². The number of carbonyl (C=O) groups excluding carboxylic acids is 2. The quantitative estimate of drug-likeness (QED) is 0.643. The number of nitrogens with one attached hydrogen (secondary N) is 1. The average Bonchev–Trinajstić information content (AvgIpc) is 3.24. The van der Waals surface area contributed by atoms with Gasteiger partial charge < -0.3 is 10.2 Å². The molecule has 142 valence electrons. The highest BCUT2D eigenvalue weighted by atomic mass is 16.2. The molecule has 3 rings (SSSR count). The molecule has 28 heavy (non-hydrogen) atoms. The first kappa shape index (κ1) is 19.0. The Labute approximate surface area is 163 Å². The average molecular weight is 375 g/mol. The summed E-state index contributed by atoms with van der Waals surface area (Å²) in [5.41, 5.74) is 3.31. The molecule has 1 N–H and O–H groups in total. The lowest BCUT2D eigenvalue weighted by Gasteiger charge is -2.15. The molecule has 0 fully saturated rings. The first-order valence-corrected chi connectivity index (χ1v) is 8.75. The van der Waals surface area contributed by atoms with Crippen LogP contribution in [0.2, 0.25) is 0 Å². The molecule has 7 heteroatoms. The van der Waals surface area contributed by atoms with Gasteiger partial charge >= 0.3 is 0 Å². The van der Waals surface area contributed by atoms with Crippen LogP contribution in [0, 0.1) is 0 Å². The van der Waals surface area contributed by atoms with Crippen LogP contribution in [0.1, 0.15) is 21.5 Å². The van der Waals surface area contributed by atoms with Crippen molar-refractivity contribution in [3.63, 3.8) is 0 Å². The molecule has 3 aromatic rings. The summed E-state index contributed by atoms with van der Waals surface area (Å²) in [5.74, 6) is -0.381. The van der Waals surface area contributed by atoms with E-state index in [4.69, 9.17) is 0 Å². The molecular formula is C21H21N5O2.